The van der Waals surface area contributed by atoms with Gasteiger partial charge in [-0.3, -0.25) is 4.79 Å². The average Bonchev–Trinajstić information content (AvgIpc) is 3.54. The van der Waals surface area contributed by atoms with Crippen LogP contribution in [0.5, 0.6) is 0 Å². The highest BCUT2D eigenvalue weighted by atomic mass is 32.1. The molecule has 2 aliphatic heterocycles. The van der Waals surface area contributed by atoms with E-state index < -0.39 is 0 Å². The summed E-state index contributed by atoms with van der Waals surface area (Å²) in [6.45, 7) is 5.06. The Labute approximate surface area is 180 Å². The van der Waals surface area contributed by atoms with Crippen LogP contribution in [0, 0.1) is 0 Å². The second kappa shape index (κ2) is 8.44. The Balaban J connectivity index is 1.21. The molecule has 0 N–H and O–H groups in total. The molecular weight excluding hydrogens is 394 g/mol. The molecule has 0 aliphatic carbocycles. The topological polar surface area (TPSA) is 52.6 Å². The van der Waals surface area contributed by atoms with Gasteiger partial charge >= 0.3 is 0 Å². The third kappa shape index (κ3) is 3.89. The maximum Gasteiger partial charge on any atom is 0.253 e. The molecule has 30 heavy (non-hydrogen) atoms. The Bertz CT molecular complexity index is 991. The first-order valence-corrected chi connectivity index (χ1v) is 11.4. The van der Waals surface area contributed by atoms with E-state index in [-0.39, 0.29) is 5.91 Å². The van der Waals surface area contributed by atoms with E-state index in [1.54, 1.807) is 11.3 Å². The van der Waals surface area contributed by atoms with Gasteiger partial charge in [-0.1, -0.05) is 18.2 Å². The summed E-state index contributed by atoms with van der Waals surface area (Å²) in [5.41, 5.74) is 1.91. The zero-order valence-electron chi connectivity index (χ0n) is 16.9. The lowest BCUT2D eigenvalue weighted by atomic mass is 10.1. The van der Waals surface area contributed by atoms with Crippen LogP contribution in [-0.2, 0) is 0 Å². The van der Waals surface area contributed by atoms with Gasteiger partial charge in [-0.2, -0.15) is 4.98 Å². The van der Waals surface area contributed by atoms with Crippen LogP contribution in [-0.4, -0.2) is 60.0 Å². The highest BCUT2D eigenvalue weighted by Crippen LogP contribution is 2.25. The molecule has 0 saturated carbocycles. The predicted molar refractivity (Wildman–Crippen MR) is 121 cm³/mol. The normalized spacial score (nSPS) is 16.9. The summed E-state index contributed by atoms with van der Waals surface area (Å²) in [5.74, 6) is 1.89. The van der Waals surface area contributed by atoms with Crippen molar-refractivity contribution in [2.24, 2.45) is 0 Å². The fourth-order valence-electron chi connectivity index (χ4n) is 4.13. The van der Waals surface area contributed by atoms with E-state index >= 15 is 0 Å². The van der Waals surface area contributed by atoms with Gasteiger partial charge in [0.15, 0.2) is 0 Å². The molecule has 3 aromatic rings. The molecule has 0 atom stereocenters. The molecule has 0 unspecified atom stereocenters. The SMILES string of the molecule is O=C(c1ccc(-c2cccs2)cc1)N1CCN(c2ccnc(N3CCCC3)n2)CC1. The Morgan fingerprint density at radius 1 is 0.867 bits per heavy atom. The molecule has 0 bridgehead atoms. The Kier molecular flexibility index (Phi) is 5.36. The number of hydrogen-bond donors (Lipinski definition) is 0. The summed E-state index contributed by atoms with van der Waals surface area (Å²) < 4.78 is 0. The maximum absolute atomic E-state index is 12.9. The van der Waals surface area contributed by atoms with Crippen molar-refractivity contribution in [3.05, 3.63) is 59.6 Å². The first kappa shape index (κ1) is 19.1. The van der Waals surface area contributed by atoms with Crippen molar-refractivity contribution in [2.75, 3.05) is 49.1 Å². The summed E-state index contributed by atoms with van der Waals surface area (Å²) >= 11 is 1.71. The lowest BCUT2D eigenvalue weighted by Crippen LogP contribution is -2.49. The molecule has 0 radical (unpaired) electrons. The molecule has 2 saturated heterocycles. The van der Waals surface area contributed by atoms with Gasteiger partial charge in [-0.15, -0.1) is 11.3 Å². The van der Waals surface area contributed by atoms with Crippen LogP contribution >= 0.6 is 11.3 Å². The van der Waals surface area contributed by atoms with Gasteiger partial charge in [0.25, 0.3) is 5.91 Å². The second-order valence-corrected chi connectivity index (χ2v) is 8.69. The summed E-state index contributed by atoms with van der Waals surface area (Å²) in [4.78, 5) is 29.8. The van der Waals surface area contributed by atoms with Crippen molar-refractivity contribution < 1.29 is 4.79 Å². The number of hydrogen-bond acceptors (Lipinski definition) is 6. The lowest BCUT2D eigenvalue weighted by Gasteiger charge is -2.35. The number of carbonyl (C=O) groups excluding carboxylic acids is 1. The molecule has 6 nitrogen and oxygen atoms in total. The highest BCUT2D eigenvalue weighted by Gasteiger charge is 2.24. The van der Waals surface area contributed by atoms with Crippen molar-refractivity contribution in [3.63, 3.8) is 0 Å². The van der Waals surface area contributed by atoms with Crippen LogP contribution < -0.4 is 9.80 Å². The van der Waals surface area contributed by atoms with Gasteiger partial charge in [0, 0.05) is 55.9 Å². The minimum absolute atomic E-state index is 0.104. The number of rotatable bonds is 4. The molecule has 1 aromatic carbocycles. The average molecular weight is 420 g/mol. The molecule has 2 fully saturated rings. The van der Waals surface area contributed by atoms with Crippen LogP contribution in [0.1, 0.15) is 23.2 Å². The number of aromatic nitrogens is 2. The van der Waals surface area contributed by atoms with E-state index in [1.807, 2.05) is 47.5 Å². The first-order chi connectivity index (χ1) is 14.8. The number of piperazine rings is 1. The molecule has 0 spiro atoms. The standard InChI is InChI=1S/C23H25N5OS/c29-22(19-7-5-18(6-8-19)20-4-3-17-30-20)27-15-13-26(14-16-27)21-9-10-24-23(25-21)28-11-1-2-12-28/h3-10,17H,1-2,11-16H2. The Morgan fingerprint density at radius 2 is 1.63 bits per heavy atom. The number of thiophene rings is 1. The van der Waals surface area contributed by atoms with Crippen molar-refractivity contribution in [1.82, 2.24) is 14.9 Å². The van der Waals surface area contributed by atoms with E-state index in [4.69, 9.17) is 4.98 Å². The monoisotopic (exact) mass is 419 g/mol. The number of nitrogens with zero attached hydrogens (tertiary/aromatic N) is 5. The smallest absolute Gasteiger partial charge is 0.253 e. The van der Waals surface area contributed by atoms with Gasteiger partial charge < -0.3 is 14.7 Å². The fourth-order valence-corrected chi connectivity index (χ4v) is 4.86. The van der Waals surface area contributed by atoms with Crippen LogP contribution in [0.15, 0.2) is 54.0 Å². The molecule has 2 aliphatic rings. The number of carbonyl (C=O) groups is 1. The summed E-state index contributed by atoms with van der Waals surface area (Å²) in [6, 6.07) is 14.1. The maximum atomic E-state index is 12.9. The minimum atomic E-state index is 0.104. The largest absolute Gasteiger partial charge is 0.353 e. The van der Waals surface area contributed by atoms with Gasteiger partial charge in [-0.25, -0.2) is 4.98 Å². The van der Waals surface area contributed by atoms with E-state index in [9.17, 15) is 4.79 Å². The summed E-state index contributed by atoms with van der Waals surface area (Å²) in [6.07, 6.45) is 4.27. The zero-order valence-corrected chi connectivity index (χ0v) is 17.7. The van der Waals surface area contributed by atoms with Crippen LogP contribution in [0.3, 0.4) is 0 Å². The van der Waals surface area contributed by atoms with E-state index in [0.29, 0.717) is 13.1 Å². The van der Waals surface area contributed by atoms with Gasteiger partial charge in [0.1, 0.15) is 5.82 Å². The molecule has 1 amide bonds. The fraction of sp³-hybridized carbons (Fsp3) is 0.348. The van der Waals surface area contributed by atoms with Crippen molar-refractivity contribution in [2.45, 2.75) is 12.8 Å². The Hall–Kier alpha value is -2.93. The number of amides is 1. The van der Waals surface area contributed by atoms with E-state index in [2.05, 4.69) is 26.2 Å². The molecular formula is C23H25N5OS. The van der Waals surface area contributed by atoms with Crippen LogP contribution in [0.25, 0.3) is 10.4 Å². The van der Waals surface area contributed by atoms with Gasteiger partial charge in [-0.05, 0) is 48.1 Å². The molecule has 7 heteroatoms. The van der Waals surface area contributed by atoms with Crippen LogP contribution in [0.2, 0.25) is 0 Å². The minimum Gasteiger partial charge on any atom is -0.353 e. The highest BCUT2D eigenvalue weighted by molar-refractivity contribution is 7.13. The lowest BCUT2D eigenvalue weighted by molar-refractivity contribution is 0.0746. The number of anilines is 2. The molecule has 4 heterocycles. The van der Waals surface area contributed by atoms with Gasteiger partial charge in [0.05, 0.1) is 0 Å². The van der Waals surface area contributed by atoms with Crippen molar-refractivity contribution in [1.29, 1.82) is 0 Å². The quantitative estimate of drug-likeness (QED) is 0.644. The molecule has 154 valence electrons. The third-order valence-electron chi connectivity index (χ3n) is 5.85. The third-order valence-corrected chi connectivity index (χ3v) is 6.76. The first-order valence-electron chi connectivity index (χ1n) is 10.5. The molecule has 2 aromatic heterocycles. The van der Waals surface area contributed by atoms with Gasteiger partial charge in [0.2, 0.25) is 5.95 Å². The second-order valence-electron chi connectivity index (χ2n) is 7.74. The van der Waals surface area contributed by atoms with E-state index in [0.717, 1.165) is 49.1 Å². The van der Waals surface area contributed by atoms with E-state index in [1.165, 1.54) is 17.7 Å². The Morgan fingerprint density at radius 3 is 2.33 bits per heavy atom. The van der Waals surface area contributed by atoms with Crippen LogP contribution in [0.4, 0.5) is 11.8 Å². The predicted octanol–water partition coefficient (Wildman–Crippen LogP) is 3.77. The van der Waals surface area contributed by atoms with Crippen molar-refractivity contribution >= 4 is 29.0 Å². The number of benzene rings is 1. The van der Waals surface area contributed by atoms with Crippen molar-refractivity contribution in [3.8, 4) is 10.4 Å². The molecule has 5 rings (SSSR count). The zero-order chi connectivity index (χ0) is 20.3. The summed E-state index contributed by atoms with van der Waals surface area (Å²) in [7, 11) is 0. The summed E-state index contributed by atoms with van der Waals surface area (Å²) in [5, 5.41) is 2.07.